The van der Waals surface area contributed by atoms with Crippen molar-refractivity contribution in [2.75, 3.05) is 7.11 Å². The topological polar surface area (TPSA) is 59.7 Å². The first kappa shape index (κ1) is 10.9. The van der Waals surface area contributed by atoms with Gasteiger partial charge in [0.15, 0.2) is 0 Å². The highest BCUT2D eigenvalue weighted by atomic mass is 16.5. The number of aliphatic hydroxyl groups is 1. The summed E-state index contributed by atoms with van der Waals surface area (Å²) in [5.41, 5.74) is 2.74. The van der Waals surface area contributed by atoms with Crippen LogP contribution in [0, 0.1) is 6.92 Å². The molecule has 0 saturated heterocycles. The highest BCUT2D eigenvalue weighted by Gasteiger charge is 2.13. The van der Waals surface area contributed by atoms with Crippen molar-refractivity contribution < 1.29 is 9.84 Å². The predicted octanol–water partition coefficient (Wildman–Crippen LogP) is 1.10. The van der Waals surface area contributed by atoms with E-state index in [0.717, 1.165) is 17.7 Å². The number of ether oxygens (including phenoxy) is 1. The molecule has 0 saturated carbocycles. The van der Waals surface area contributed by atoms with Crippen molar-refractivity contribution in [2.45, 2.75) is 26.9 Å². The van der Waals surface area contributed by atoms with Crippen molar-refractivity contribution >= 4 is 5.78 Å². The van der Waals surface area contributed by atoms with Crippen LogP contribution >= 0.6 is 0 Å². The van der Waals surface area contributed by atoms with Crippen molar-refractivity contribution in [1.29, 1.82) is 0 Å². The third-order valence-electron chi connectivity index (χ3n) is 2.70. The second-order valence-electron chi connectivity index (χ2n) is 3.60. The number of fused-ring (bicyclic) bond motifs is 1. The fourth-order valence-corrected chi connectivity index (χ4v) is 1.85. The number of aryl methyl sites for hydroxylation is 1. The zero-order valence-electron chi connectivity index (χ0n) is 9.69. The Kier molecular flexibility index (Phi) is 2.78. The van der Waals surface area contributed by atoms with Gasteiger partial charge in [-0.2, -0.15) is 4.98 Å². The van der Waals surface area contributed by atoms with Crippen LogP contribution in [0.2, 0.25) is 0 Å². The standard InChI is InChI=1S/C11H15N3O2/c1-4-9-7(2)14-5-8(6-15)12-11(14)13-10(9)16-3/h5,15H,4,6H2,1-3H3. The van der Waals surface area contributed by atoms with Crippen LogP contribution in [0.5, 0.6) is 5.88 Å². The van der Waals surface area contributed by atoms with E-state index in [4.69, 9.17) is 9.84 Å². The monoisotopic (exact) mass is 221 g/mol. The summed E-state index contributed by atoms with van der Waals surface area (Å²) in [6, 6.07) is 0. The zero-order valence-corrected chi connectivity index (χ0v) is 9.69. The molecule has 2 aromatic rings. The molecule has 0 spiro atoms. The number of aliphatic hydroxyl groups excluding tert-OH is 1. The van der Waals surface area contributed by atoms with Crippen LogP contribution < -0.4 is 4.74 Å². The summed E-state index contributed by atoms with van der Waals surface area (Å²) in [5, 5.41) is 9.05. The average Bonchev–Trinajstić information content (AvgIpc) is 2.72. The summed E-state index contributed by atoms with van der Waals surface area (Å²) in [4.78, 5) is 8.51. The SMILES string of the molecule is CCc1c(OC)nc2nc(CO)cn2c1C. The maximum absolute atomic E-state index is 9.05. The molecule has 16 heavy (non-hydrogen) atoms. The van der Waals surface area contributed by atoms with Gasteiger partial charge in [0.2, 0.25) is 11.7 Å². The Bertz CT molecular complexity index is 519. The Morgan fingerprint density at radius 1 is 1.44 bits per heavy atom. The van der Waals surface area contributed by atoms with Crippen LogP contribution in [0.3, 0.4) is 0 Å². The maximum Gasteiger partial charge on any atom is 0.237 e. The molecule has 1 N–H and O–H groups in total. The van der Waals surface area contributed by atoms with Crippen molar-refractivity contribution in [3.05, 3.63) is 23.1 Å². The number of hydrogen-bond acceptors (Lipinski definition) is 4. The molecule has 0 atom stereocenters. The molecule has 0 unspecified atom stereocenters. The first-order valence-electron chi connectivity index (χ1n) is 5.23. The normalized spacial score (nSPS) is 11.0. The van der Waals surface area contributed by atoms with E-state index < -0.39 is 0 Å². The number of imidazole rings is 1. The van der Waals surface area contributed by atoms with Crippen LogP contribution in [-0.2, 0) is 13.0 Å². The summed E-state index contributed by atoms with van der Waals surface area (Å²) in [6.45, 7) is 3.98. The van der Waals surface area contributed by atoms with Gasteiger partial charge in [-0.25, -0.2) is 4.98 Å². The van der Waals surface area contributed by atoms with Gasteiger partial charge in [-0.15, -0.1) is 0 Å². The third-order valence-corrected chi connectivity index (χ3v) is 2.70. The number of nitrogens with zero attached hydrogens (tertiary/aromatic N) is 3. The second-order valence-corrected chi connectivity index (χ2v) is 3.60. The number of rotatable bonds is 3. The van der Waals surface area contributed by atoms with Crippen molar-refractivity contribution in [2.24, 2.45) is 0 Å². The lowest BCUT2D eigenvalue weighted by Crippen LogP contribution is -2.03. The lowest BCUT2D eigenvalue weighted by molar-refractivity contribution is 0.277. The molecule has 86 valence electrons. The third kappa shape index (κ3) is 1.53. The van der Waals surface area contributed by atoms with Crippen LogP contribution in [0.4, 0.5) is 0 Å². The van der Waals surface area contributed by atoms with E-state index in [9.17, 15) is 0 Å². The number of methoxy groups -OCH3 is 1. The lowest BCUT2D eigenvalue weighted by Gasteiger charge is -2.10. The van der Waals surface area contributed by atoms with Crippen molar-refractivity contribution in [3.63, 3.8) is 0 Å². The number of hydrogen-bond donors (Lipinski definition) is 1. The average molecular weight is 221 g/mol. The highest BCUT2D eigenvalue weighted by Crippen LogP contribution is 2.21. The maximum atomic E-state index is 9.05. The molecule has 0 radical (unpaired) electrons. The minimum Gasteiger partial charge on any atom is -0.481 e. The van der Waals surface area contributed by atoms with Crippen LogP contribution in [0.15, 0.2) is 6.20 Å². The van der Waals surface area contributed by atoms with Crippen molar-refractivity contribution in [3.8, 4) is 5.88 Å². The fourth-order valence-electron chi connectivity index (χ4n) is 1.85. The first-order chi connectivity index (χ1) is 7.71. The molecule has 0 fully saturated rings. The molecule has 0 aromatic carbocycles. The van der Waals surface area contributed by atoms with E-state index in [1.807, 2.05) is 11.3 Å². The molecule has 0 amide bonds. The second kappa shape index (κ2) is 4.09. The van der Waals surface area contributed by atoms with Gasteiger partial charge < -0.3 is 9.84 Å². The molecule has 2 aromatic heterocycles. The van der Waals surface area contributed by atoms with E-state index in [1.165, 1.54) is 0 Å². The summed E-state index contributed by atoms with van der Waals surface area (Å²) >= 11 is 0. The highest BCUT2D eigenvalue weighted by molar-refractivity contribution is 5.42. The summed E-state index contributed by atoms with van der Waals surface area (Å²) < 4.78 is 7.12. The minimum absolute atomic E-state index is 0.0768. The Morgan fingerprint density at radius 3 is 2.75 bits per heavy atom. The molecule has 0 bridgehead atoms. The molecular formula is C11H15N3O2. The summed E-state index contributed by atoms with van der Waals surface area (Å²) in [6.07, 6.45) is 2.65. The largest absolute Gasteiger partial charge is 0.481 e. The minimum atomic E-state index is -0.0768. The molecule has 0 aliphatic heterocycles. The van der Waals surface area contributed by atoms with Crippen LogP contribution in [0.25, 0.3) is 5.78 Å². The van der Waals surface area contributed by atoms with Gasteiger partial charge in [0.05, 0.1) is 19.4 Å². The zero-order chi connectivity index (χ0) is 11.7. The predicted molar refractivity (Wildman–Crippen MR) is 59.6 cm³/mol. The van der Waals surface area contributed by atoms with Gasteiger partial charge in [0, 0.05) is 17.5 Å². The van der Waals surface area contributed by atoms with Gasteiger partial charge >= 0.3 is 0 Å². The van der Waals surface area contributed by atoms with Crippen molar-refractivity contribution in [1.82, 2.24) is 14.4 Å². The fraction of sp³-hybridized carbons (Fsp3) is 0.455. The summed E-state index contributed by atoms with van der Waals surface area (Å²) in [7, 11) is 1.60. The Labute approximate surface area is 93.7 Å². The smallest absolute Gasteiger partial charge is 0.237 e. The molecule has 5 nitrogen and oxygen atoms in total. The van der Waals surface area contributed by atoms with E-state index in [2.05, 4.69) is 16.9 Å². The van der Waals surface area contributed by atoms with E-state index in [0.29, 0.717) is 17.4 Å². The Morgan fingerprint density at radius 2 is 2.19 bits per heavy atom. The van der Waals surface area contributed by atoms with E-state index in [-0.39, 0.29) is 6.61 Å². The van der Waals surface area contributed by atoms with Gasteiger partial charge in [-0.3, -0.25) is 4.40 Å². The quantitative estimate of drug-likeness (QED) is 0.843. The Balaban J connectivity index is 2.74. The first-order valence-corrected chi connectivity index (χ1v) is 5.23. The molecule has 5 heteroatoms. The van der Waals surface area contributed by atoms with Crippen LogP contribution in [0.1, 0.15) is 23.9 Å². The Hall–Kier alpha value is -1.62. The molecular weight excluding hydrogens is 206 g/mol. The van der Waals surface area contributed by atoms with E-state index in [1.54, 1.807) is 13.3 Å². The van der Waals surface area contributed by atoms with Gasteiger partial charge in [0.1, 0.15) is 0 Å². The van der Waals surface area contributed by atoms with Gasteiger partial charge in [0.25, 0.3) is 0 Å². The van der Waals surface area contributed by atoms with E-state index >= 15 is 0 Å². The molecule has 2 rings (SSSR count). The van der Waals surface area contributed by atoms with Gasteiger partial charge in [-0.1, -0.05) is 6.92 Å². The molecule has 2 heterocycles. The van der Waals surface area contributed by atoms with Gasteiger partial charge in [-0.05, 0) is 13.3 Å². The lowest BCUT2D eigenvalue weighted by atomic mass is 10.2. The summed E-state index contributed by atoms with van der Waals surface area (Å²) in [5.74, 6) is 1.18. The number of aromatic nitrogens is 3. The molecule has 0 aliphatic rings. The van der Waals surface area contributed by atoms with Crippen LogP contribution in [-0.4, -0.2) is 26.6 Å². The molecule has 0 aliphatic carbocycles.